The molecule has 0 N–H and O–H groups in total. The van der Waals surface area contributed by atoms with Gasteiger partial charge in [-0.3, -0.25) is 0 Å². The van der Waals surface area contributed by atoms with E-state index in [1.165, 1.54) is 83.5 Å². The van der Waals surface area contributed by atoms with Crippen molar-refractivity contribution >= 4 is 6.16 Å². The van der Waals surface area contributed by atoms with Crippen LogP contribution in [0.5, 0.6) is 0 Å². The van der Waals surface area contributed by atoms with Crippen LogP contribution in [-0.2, 0) is 9.47 Å². The second kappa shape index (κ2) is 19.6. The molecule has 25 heavy (non-hydrogen) atoms. The standard InChI is InChI=1S/C22H44O3/c1-4-5-6-7-8-9-10-11-12-13-14-15-16-17-18-19-24-22(23)25-20-21(2)3/h21H,4-20H2,1-3H3. The van der Waals surface area contributed by atoms with Crippen LogP contribution in [0.4, 0.5) is 4.79 Å². The van der Waals surface area contributed by atoms with Crippen LogP contribution in [-0.4, -0.2) is 19.4 Å². The van der Waals surface area contributed by atoms with Gasteiger partial charge in [0.25, 0.3) is 0 Å². The van der Waals surface area contributed by atoms with E-state index in [-0.39, 0.29) is 0 Å². The number of unbranched alkanes of at least 4 members (excludes halogenated alkanes) is 14. The van der Waals surface area contributed by atoms with Crippen LogP contribution < -0.4 is 0 Å². The van der Waals surface area contributed by atoms with Crippen LogP contribution in [0, 0.1) is 5.92 Å². The molecular formula is C22H44O3. The molecule has 3 nitrogen and oxygen atoms in total. The van der Waals surface area contributed by atoms with Crippen molar-refractivity contribution in [3.05, 3.63) is 0 Å². The van der Waals surface area contributed by atoms with E-state index in [1.807, 2.05) is 13.8 Å². The first-order valence-corrected chi connectivity index (χ1v) is 11.0. The van der Waals surface area contributed by atoms with Gasteiger partial charge in [-0.1, -0.05) is 111 Å². The smallest absolute Gasteiger partial charge is 0.434 e. The van der Waals surface area contributed by atoms with Gasteiger partial charge < -0.3 is 9.47 Å². The van der Waals surface area contributed by atoms with Crippen LogP contribution in [0.3, 0.4) is 0 Å². The molecule has 0 saturated carbocycles. The Balaban J connectivity index is 3.08. The number of hydrogen-bond acceptors (Lipinski definition) is 3. The van der Waals surface area contributed by atoms with E-state index in [9.17, 15) is 4.79 Å². The third-order valence-corrected chi connectivity index (χ3v) is 4.50. The lowest BCUT2D eigenvalue weighted by molar-refractivity contribution is 0.0465. The molecule has 0 aromatic carbocycles. The Labute approximate surface area is 157 Å². The summed E-state index contributed by atoms with van der Waals surface area (Å²) in [6.45, 7) is 7.25. The second-order valence-electron chi connectivity index (χ2n) is 7.75. The molecule has 0 aromatic rings. The highest BCUT2D eigenvalue weighted by atomic mass is 16.7. The molecule has 0 bridgehead atoms. The maximum absolute atomic E-state index is 11.3. The molecule has 0 atom stereocenters. The van der Waals surface area contributed by atoms with Crippen molar-refractivity contribution < 1.29 is 14.3 Å². The molecule has 3 heteroatoms. The van der Waals surface area contributed by atoms with E-state index < -0.39 is 6.16 Å². The maximum atomic E-state index is 11.3. The lowest BCUT2D eigenvalue weighted by Crippen LogP contribution is -2.12. The van der Waals surface area contributed by atoms with Gasteiger partial charge in [-0.25, -0.2) is 4.79 Å². The van der Waals surface area contributed by atoms with Gasteiger partial charge in [-0.15, -0.1) is 0 Å². The van der Waals surface area contributed by atoms with Crippen molar-refractivity contribution in [3.63, 3.8) is 0 Å². The summed E-state index contributed by atoms with van der Waals surface area (Å²) in [5.74, 6) is 0.360. The Morgan fingerprint density at radius 3 is 1.44 bits per heavy atom. The van der Waals surface area contributed by atoms with Crippen molar-refractivity contribution in [3.8, 4) is 0 Å². The lowest BCUT2D eigenvalue weighted by Gasteiger charge is -2.07. The minimum absolute atomic E-state index is 0.360. The van der Waals surface area contributed by atoms with Gasteiger partial charge in [0.1, 0.15) is 0 Å². The highest BCUT2D eigenvalue weighted by Gasteiger charge is 2.04. The van der Waals surface area contributed by atoms with Crippen molar-refractivity contribution in [2.45, 2.75) is 117 Å². The molecule has 0 radical (unpaired) electrons. The minimum atomic E-state index is -0.515. The Morgan fingerprint density at radius 2 is 1.04 bits per heavy atom. The van der Waals surface area contributed by atoms with Crippen molar-refractivity contribution in [1.82, 2.24) is 0 Å². The fraction of sp³-hybridized carbons (Fsp3) is 0.955. The van der Waals surface area contributed by atoms with Crippen LogP contribution in [0.1, 0.15) is 117 Å². The van der Waals surface area contributed by atoms with Gasteiger partial charge in [-0.2, -0.15) is 0 Å². The maximum Gasteiger partial charge on any atom is 0.508 e. The number of ether oxygens (including phenoxy) is 2. The molecule has 0 unspecified atom stereocenters. The Bertz CT molecular complexity index is 276. The van der Waals surface area contributed by atoms with Crippen LogP contribution in [0.25, 0.3) is 0 Å². The fourth-order valence-corrected chi connectivity index (χ4v) is 2.91. The third-order valence-electron chi connectivity index (χ3n) is 4.50. The van der Waals surface area contributed by atoms with Gasteiger partial charge in [0, 0.05) is 0 Å². The summed E-state index contributed by atoms with van der Waals surface area (Å²) in [4.78, 5) is 11.3. The van der Waals surface area contributed by atoms with E-state index in [0.717, 1.165) is 12.8 Å². The van der Waals surface area contributed by atoms with Crippen molar-refractivity contribution in [1.29, 1.82) is 0 Å². The normalized spacial score (nSPS) is 11.0. The zero-order valence-electron chi connectivity index (χ0n) is 17.3. The molecule has 0 fully saturated rings. The number of rotatable bonds is 18. The number of carbonyl (C=O) groups excluding carboxylic acids is 1. The molecule has 0 spiro atoms. The number of hydrogen-bond donors (Lipinski definition) is 0. The predicted molar refractivity (Wildman–Crippen MR) is 107 cm³/mol. The SMILES string of the molecule is CCCCCCCCCCCCCCCCCOC(=O)OCC(C)C. The first kappa shape index (κ1) is 24.3. The monoisotopic (exact) mass is 356 g/mol. The lowest BCUT2D eigenvalue weighted by atomic mass is 10.0. The van der Waals surface area contributed by atoms with Crippen molar-refractivity contribution in [2.24, 2.45) is 5.92 Å². The molecule has 0 heterocycles. The largest absolute Gasteiger partial charge is 0.508 e. The van der Waals surface area contributed by atoms with Gasteiger partial charge in [0.05, 0.1) is 13.2 Å². The van der Waals surface area contributed by atoms with Gasteiger partial charge in [0.2, 0.25) is 0 Å². The summed E-state index contributed by atoms with van der Waals surface area (Å²) in [6, 6.07) is 0. The summed E-state index contributed by atoms with van der Waals surface area (Å²) in [6.07, 6.45) is 19.6. The Hall–Kier alpha value is -0.730. The van der Waals surface area contributed by atoms with Crippen LogP contribution in [0.2, 0.25) is 0 Å². The molecule has 0 rings (SSSR count). The quantitative estimate of drug-likeness (QED) is 0.187. The molecule has 0 aliphatic rings. The van der Waals surface area contributed by atoms with Crippen LogP contribution in [0.15, 0.2) is 0 Å². The van der Waals surface area contributed by atoms with E-state index in [1.54, 1.807) is 0 Å². The Kier molecular flexibility index (Phi) is 19.0. The summed E-state index contributed by atoms with van der Waals surface area (Å²) >= 11 is 0. The number of carbonyl (C=O) groups is 1. The third kappa shape index (κ3) is 21.2. The van der Waals surface area contributed by atoms with Crippen molar-refractivity contribution in [2.75, 3.05) is 13.2 Å². The topological polar surface area (TPSA) is 35.5 Å². The van der Waals surface area contributed by atoms with Gasteiger partial charge in [-0.05, 0) is 12.3 Å². The molecule has 0 saturated heterocycles. The Morgan fingerprint density at radius 1 is 0.640 bits per heavy atom. The molecule has 0 aliphatic carbocycles. The zero-order chi connectivity index (χ0) is 18.6. The first-order valence-electron chi connectivity index (χ1n) is 11.0. The first-order chi connectivity index (χ1) is 12.2. The summed E-state index contributed by atoms with van der Waals surface area (Å²) < 4.78 is 10.0. The van der Waals surface area contributed by atoms with Crippen LogP contribution >= 0.6 is 0 Å². The highest BCUT2D eigenvalue weighted by Crippen LogP contribution is 2.13. The molecule has 150 valence electrons. The highest BCUT2D eigenvalue weighted by molar-refractivity contribution is 5.59. The predicted octanol–water partition coefficient (Wildman–Crippen LogP) is 7.67. The van der Waals surface area contributed by atoms with E-state index in [4.69, 9.17) is 9.47 Å². The average Bonchev–Trinajstić information content (AvgIpc) is 2.59. The molecular weight excluding hydrogens is 312 g/mol. The van der Waals surface area contributed by atoms with E-state index in [0.29, 0.717) is 19.1 Å². The second-order valence-corrected chi connectivity index (χ2v) is 7.75. The molecule has 0 amide bonds. The van der Waals surface area contributed by atoms with E-state index >= 15 is 0 Å². The van der Waals surface area contributed by atoms with Gasteiger partial charge >= 0.3 is 6.16 Å². The summed E-state index contributed by atoms with van der Waals surface area (Å²) in [7, 11) is 0. The zero-order valence-corrected chi connectivity index (χ0v) is 17.3. The van der Waals surface area contributed by atoms with Gasteiger partial charge in [0.15, 0.2) is 0 Å². The molecule has 0 aliphatic heterocycles. The summed E-state index contributed by atoms with van der Waals surface area (Å²) in [5, 5.41) is 0. The summed E-state index contributed by atoms with van der Waals surface area (Å²) in [5.41, 5.74) is 0. The minimum Gasteiger partial charge on any atom is -0.434 e. The van der Waals surface area contributed by atoms with E-state index in [2.05, 4.69) is 6.92 Å². The molecule has 0 aromatic heterocycles. The average molecular weight is 357 g/mol. The fourth-order valence-electron chi connectivity index (χ4n) is 2.91.